The summed E-state index contributed by atoms with van der Waals surface area (Å²) in [6.45, 7) is 25.2. The minimum absolute atomic E-state index is 0.00507. The molecule has 0 radical (unpaired) electrons. The summed E-state index contributed by atoms with van der Waals surface area (Å²) in [5.41, 5.74) is 29.7. The Kier molecular flexibility index (Phi) is 19.6. The highest BCUT2D eigenvalue weighted by Crippen LogP contribution is 2.45. The van der Waals surface area contributed by atoms with E-state index >= 15 is 0 Å². The second-order valence-electron chi connectivity index (χ2n) is 37.1. The largest absolute Gasteiger partial charge is 0.437 e. The van der Waals surface area contributed by atoms with Crippen LogP contribution in [0.2, 0.25) is 0 Å². The van der Waals surface area contributed by atoms with E-state index in [9.17, 15) is 0 Å². The fraction of sp³-hybridized carbons (Fsp3) is 0.310. The zero-order valence-corrected chi connectivity index (χ0v) is 78.7. The molecule has 5 aromatic carbocycles. The summed E-state index contributed by atoms with van der Waals surface area (Å²) < 4.78 is 157. The Morgan fingerprint density at radius 3 is 0.947 bits per heavy atom. The first-order valence-corrected chi connectivity index (χ1v) is 45.1. The molecule has 0 N–H and O–H groups in total. The lowest BCUT2D eigenvalue weighted by atomic mass is 9.86. The summed E-state index contributed by atoms with van der Waals surface area (Å²) in [5, 5.41) is 9.63. The summed E-state index contributed by atoms with van der Waals surface area (Å²) in [6.07, 6.45) is 6.60. The molecule has 15 aromatic heterocycles. The maximum absolute atomic E-state index is 8.98. The first kappa shape index (κ1) is 72.4. The smallest absolute Gasteiger partial charge is 0.227 e. The molecule has 0 saturated heterocycles. The number of nitrogens with zero attached hydrogens (tertiary/aromatic N) is 10. The lowest BCUT2D eigenvalue weighted by molar-refractivity contribution is -0.660. The molecule has 2 fully saturated rings. The third-order valence-corrected chi connectivity index (χ3v) is 25.3. The number of benzene rings is 5. The van der Waals surface area contributed by atoms with Crippen LogP contribution in [0.3, 0.4) is 0 Å². The average molecular weight is 1750 g/mol. The Hall–Kier alpha value is -13.4. The molecule has 2 aliphatic carbocycles. The number of furan rings is 5. The van der Waals surface area contributed by atoms with E-state index in [0.29, 0.717) is 71.1 Å². The molecule has 131 heavy (non-hydrogen) atoms. The van der Waals surface area contributed by atoms with Crippen molar-refractivity contribution in [1.82, 2.24) is 24.9 Å². The first-order valence-electron chi connectivity index (χ1n) is 52.1. The Morgan fingerprint density at radius 2 is 0.611 bits per heavy atom. The van der Waals surface area contributed by atoms with Gasteiger partial charge in [0, 0.05) is 179 Å². The molecule has 22 rings (SSSR count). The minimum atomic E-state index is -2.67. The standard InChI is InChI=1S/C25H27N2O.C24H25N2O.C24H27N2O.C23H25N2O.C20H19N2O/c1-16-13-14-27(3)22(15-16)23-17(2)9-10-19-20-11-12-21(18-7-5-4-6-8-18)26-25(20)28-24(19)23;1-15-12-13-26(3)21(14-15)22-16(2)8-9-18-19-10-11-20(17-6-4-5-7-17)25-24(19)27-23(18)22;1-15-11-12-26(6)20(13-15)21-16(2)7-9-18-19-10-8-17(14-24(3,4)5)25-23(19)27-22(18)21;1-14-11-12-25(6)18(13-14)20-15(2)7-8-16-17-9-10-19(23(3,4)5)24-22(17)26-21(16)20;1-12-9-10-22(4)17(11-12)18-13(2)5-7-15-16-8-6-14(3)21-20(16)23-19(15)18/h9-15,18H,4-8H2,1-3H3;8-14,17H,4-7H2,1-3H3;7-13H,14H2,1-6H3;7-13H,1-6H3;5-11H,1-4H3/q5*+1/i7D2,8D2,18D;6D2,17D;3D3,4D3;;. The predicted molar refractivity (Wildman–Crippen MR) is 532 cm³/mol. The summed E-state index contributed by atoms with van der Waals surface area (Å²) >= 11 is 0. The van der Waals surface area contributed by atoms with Gasteiger partial charge in [-0.15, -0.1) is 0 Å². The molecule has 2 saturated carbocycles. The quantitative estimate of drug-likeness (QED) is 0.135. The average Bonchev–Trinajstić information content (AvgIpc) is 1.61. The second-order valence-corrected chi connectivity index (χ2v) is 37.1. The van der Waals surface area contributed by atoms with Crippen LogP contribution < -0.4 is 22.8 Å². The highest BCUT2D eigenvalue weighted by molar-refractivity contribution is 6.13. The Balaban J connectivity index is 0.000000120. The van der Waals surface area contributed by atoms with Crippen molar-refractivity contribution < 1.29 is 64.1 Å². The second kappa shape index (κ2) is 35.5. The highest BCUT2D eigenvalue weighted by Gasteiger charge is 2.31. The van der Waals surface area contributed by atoms with Gasteiger partial charge in [0.25, 0.3) is 0 Å². The summed E-state index contributed by atoms with van der Waals surface area (Å²) in [4.78, 5) is 23.1. The fourth-order valence-corrected chi connectivity index (χ4v) is 18.2. The first-order chi connectivity index (χ1) is 68.2. The van der Waals surface area contributed by atoms with Gasteiger partial charge in [0.15, 0.2) is 58.9 Å². The van der Waals surface area contributed by atoms with Crippen LogP contribution in [0.25, 0.3) is 167 Å². The van der Waals surface area contributed by atoms with E-state index in [-0.39, 0.29) is 30.4 Å². The van der Waals surface area contributed by atoms with Gasteiger partial charge in [0.1, 0.15) is 35.2 Å². The molecule has 20 aromatic rings. The van der Waals surface area contributed by atoms with Crippen LogP contribution in [0.15, 0.2) is 235 Å². The predicted octanol–water partition coefficient (Wildman–Crippen LogP) is 27.3. The summed E-state index contributed by atoms with van der Waals surface area (Å²) in [7, 11) is 10.1. The third kappa shape index (κ3) is 17.5. The molecule has 2 aliphatic rings. The van der Waals surface area contributed by atoms with Crippen LogP contribution in [-0.4, -0.2) is 24.9 Å². The molecule has 15 nitrogen and oxygen atoms in total. The topological polar surface area (TPSA) is 150 Å². The molecule has 0 bridgehead atoms. The van der Waals surface area contributed by atoms with Gasteiger partial charge in [-0.2, -0.15) is 0 Å². The third-order valence-electron chi connectivity index (χ3n) is 25.3. The van der Waals surface area contributed by atoms with Gasteiger partial charge in [-0.3, -0.25) is 0 Å². The Bertz CT molecular complexity index is 8560. The maximum Gasteiger partial charge on any atom is 0.227 e. The van der Waals surface area contributed by atoms with E-state index in [1.165, 1.54) is 34.7 Å². The van der Waals surface area contributed by atoms with E-state index in [0.717, 1.165) is 172 Å². The van der Waals surface area contributed by atoms with Crippen LogP contribution in [0.4, 0.5) is 0 Å². The van der Waals surface area contributed by atoms with Crippen molar-refractivity contribution in [2.24, 2.45) is 40.7 Å². The molecule has 0 amide bonds. The van der Waals surface area contributed by atoms with Crippen LogP contribution in [0, 0.1) is 81.6 Å². The van der Waals surface area contributed by atoms with Gasteiger partial charge in [-0.1, -0.05) is 134 Å². The van der Waals surface area contributed by atoms with E-state index in [1.807, 2.05) is 138 Å². The monoisotopic (exact) mass is 1750 g/mol. The zero-order chi connectivity index (χ0) is 104. The van der Waals surface area contributed by atoms with Gasteiger partial charge in [-0.25, -0.2) is 47.8 Å². The van der Waals surface area contributed by atoms with Crippen molar-refractivity contribution in [3.8, 4) is 56.3 Å². The molecule has 1 unspecified atom stereocenters. The van der Waals surface area contributed by atoms with Crippen LogP contribution in [0.5, 0.6) is 0 Å². The molecule has 0 aliphatic heterocycles. The SMILES string of the molecule is Cc1cc[n+](C)c(-c2c(C)ccc3c2oc2nc(C(C)(C)C)ccc23)c1.Cc1cc[n+](C)c(-c2c(C)ccc3c2oc2nc(C)ccc23)c1.[2H]C([2H])([2H])C(C)(Cc1ccc2c(n1)oc1c(-c3cc(C)cc[n+]3C)c(C)ccc12)C([2H])([2H])[2H].[2H]C1([2H])CCCC([2H])([2H])C1([2H])c1ccc2c(n1)oc1c(-c3cc(C)cc[n+]3C)c(C)ccc12.[2H]C1([2H])CCCC1([2H])c1ccc2c(n1)oc1c(-c3cc(C)cc[n+]3C)c(C)ccc12. The van der Waals surface area contributed by atoms with Gasteiger partial charge in [0.05, 0.1) is 27.8 Å². The number of pyridine rings is 10. The molecule has 15 heteroatoms. The minimum Gasteiger partial charge on any atom is -0.437 e. The normalized spacial score (nSPS) is 17.6. The number of hydrogen-bond donors (Lipinski definition) is 0. The van der Waals surface area contributed by atoms with Crippen LogP contribution >= 0.6 is 0 Å². The van der Waals surface area contributed by atoms with E-state index in [2.05, 4.69) is 226 Å². The molecule has 0 spiro atoms. The zero-order valence-electron chi connectivity index (χ0n) is 92.7. The number of rotatable bonds is 8. The maximum atomic E-state index is 8.98. The molecular formula is C116H123N10O5+5. The number of hydrogen-bond acceptors (Lipinski definition) is 10. The molecular weight excluding hydrogens is 1610 g/mol. The molecule has 1 atom stereocenters. The fourth-order valence-electron chi connectivity index (χ4n) is 18.2. The van der Waals surface area contributed by atoms with Crippen LogP contribution in [0.1, 0.15) is 214 Å². The van der Waals surface area contributed by atoms with Gasteiger partial charge in [-0.05, 0) is 230 Å². The Morgan fingerprint density at radius 1 is 0.321 bits per heavy atom. The van der Waals surface area contributed by atoms with E-state index < -0.39 is 50.0 Å². The number of aromatic nitrogens is 10. The van der Waals surface area contributed by atoms with Crippen molar-refractivity contribution in [2.45, 2.75) is 199 Å². The van der Waals surface area contributed by atoms with Gasteiger partial charge < -0.3 is 22.1 Å². The van der Waals surface area contributed by atoms with Crippen molar-refractivity contribution >= 4 is 110 Å². The lowest BCUT2D eigenvalue weighted by Crippen LogP contribution is -2.30. The Labute approximate surface area is 788 Å². The van der Waals surface area contributed by atoms with Crippen molar-refractivity contribution in [3.05, 3.63) is 297 Å². The van der Waals surface area contributed by atoms with Crippen molar-refractivity contribution in [2.75, 3.05) is 0 Å². The summed E-state index contributed by atoms with van der Waals surface area (Å²) in [5.74, 6) is -3.45. The van der Waals surface area contributed by atoms with Crippen LogP contribution in [-0.2, 0) is 47.1 Å². The molecule has 15 heterocycles. The van der Waals surface area contributed by atoms with Gasteiger partial charge in [0.2, 0.25) is 57.0 Å². The lowest BCUT2D eigenvalue weighted by Gasteiger charge is -2.20. The van der Waals surface area contributed by atoms with Crippen molar-refractivity contribution in [3.63, 3.8) is 0 Å². The van der Waals surface area contributed by atoms with Gasteiger partial charge >= 0.3 is 0 Å². The van der Waals surface area contributed by atoms with Crippen molar-refractivity contribution in [1.29, 1.82) is 0 Å². The van der Waals surface area contributed by atoms with E-state index in [1.54, 1.807) is 24.3 Å². The number of aryl methyl sites for hydroxylation is 16. The van der Waals surface area contributed by atoms with E-state index in [4.69, 9.17) is 46.3 Å². The number of fused-ring (bicyclic) bond motifs is 15. The highest BCUT2D eigenvalue weighted by atomic mass is 16.4. The molecule has 662 valence electrons. The summed E-state index contributed by atoms with van der Waals surface area (Å²) in [6, 6.07) is 61.1.